The Bertz CT molecular complexity index is 1170. The van der Waals surface area contributed by atoms with Crippen molar-refractivity contribution in [3.8, 4) is 11.5 Å². The molecule has 0 bridgehead atoms. The van der Waals surface area contributed by atoms with Crippen LogP contribution in [0.5, 0.6) is 11.5 Å². The van der Waals surface area contributed by atoms with Gasteiger partial charge in [0.1, 0.15) is 11.5 Å². The molecule has 0 saturated carbocycles. The van der Waals surface area contributed by atoms with Crippen LogP contribution in [0.3, 0.4) is 0 Å². The fourth-order valence-corrected chi connectivity index (χ4v) is 4.45. The van der Waals surface area contributed by atoms with E-state index in [4.69, 9.17) is 9.47 Å². The smallest absolute Gasteiger partial charge is 0.273 e. The van der Waals surface area contributed by atoms with Crippen molar-refractivity contribution in [3.05, 3.63) is 89.3 Å². The Kier molecular flexibility index (Phi) is 6.32. The fraction of sp³-hybridized carbons (Fsp3) is 0.154. The molecule has 3 aromatic carbocycles. The SMILES string of the molecule is COc1ccc(C2=C(Sc3ccccc3)C(=O)N(c3ccccc3OC(C)C)C2=O)cc1. The van der Waals surface area contributed by atoms with E-state index in [1.54, 1.807) is 49.6 Å². The van der Waals surface area contributed by atoms with Crippen molar-refractivity contribution in [1.82, 2.24) is 0 Å². The fourth-order valence-electron chi connectivity index (χ4n) is 3.44. The molecule has 0 radical (unpaired) electrons. The van der Waals surface area contributed by atoms with Gasteiger partial charge in [-0.05, 0) is 55.8 Å². The summed E-state index contributed by atoms with van der Waals surface area (Å²) in [5, 5.41) is 0. The number of nitrogens with zero attached hydrogens (tertiary/aromatic N) is 1. The highest BCUT2D eigenvalue weighted by molar-refractivity contribution is 8.04. The average Bonchev–Trinajstić information content (AvgIpc) is 3.04. The lowest BCUT2D eigenvalue weighted by atomic mass is 10.1. The zero-order valence-electron chi connectivity index (χ0n) is 18.1. The minimum Gasteiger partial charge on any atom is -0.497 e. The molecule has 2 amide bonds. The van der Waals surface area contributed by atoms with Crippen molar-refractivity contribution >= 4 is 34.8 Å². The highest BCUT2D eigenvalue weighted by Crippen LogP contribution is 2.43. The standard InChI is InChI=1S/C26H23NO4S/c1-17(2)31-22-12-8-7-11-21(22)27-25(28)23(18-13-15-19(30-3)16-14-18)24(26(27)29)32-20-9-5-4-6-10-20/h4-17H,1-3H3. The van der Waals surface area contributed by atoms with E-state index in [9.17, 15) is 9.59 Å². The molecule has 0 unspecified atom stereocenters. The molecule has 0 saturated heterocycles. The van der Waals surface area contributed by atoms with E-state index in [0.29, 0.717) is 33.2 Å². The Labute approximate surface area is 191 Å². The van der Waals surface area contributed by atoms with Crippen molar-refractivity contribution in [2.75, 3.05) is 12.0 Å². The van der Waals surface area contributed by atoms with Crippen LogP contribution in [0.2, 0.25) is 0 Å². The Morgan fingerprint density at radius 1 is 0.812 bits per heavy atom. The van der Waals surface area contributed by atoms with Gasteiger partial charge < -0.3 is 9.47 Å². The van der Waals surface area contributed by atoms with E-state index in [1.165, 1.54) is 16.7 Å². The Morgan fingerprint density at radius 3 is 2.12 bits per heavy atom. The Morgan fingerprint density at radius 2 is 1.47 bits per heavy atom. The number of carbonyl (C=O) groups is 2. The lowest BCUT2D eigenvalue weighted by Crippen LogP contribution is -2.32. The molecular weight excluding hydrogens is 422 g/mol. The molecule has 3 aromatic rings. The minimum absolute atomic E-state index is 0.101. The van der Waals surface area contributed by atoms with E-state index in [0.717, 1.165) is 4.90 Å². The molecule has 0 atom stereocenters. The quantitative estimate of drug-likeness (QED) is 0.446. The molecule has 32 heavy (non-hydrogen) atoms. The van der Waals surface area contributed by atoms with Gasteiger partial charge in [0.15, 0.2) is 0 Å². The number of imide groups is 1. The second-order valence-electron chi connectivity index (χ2n) is 7.43. The van der Waals surface area contributed by atoms with Gasteiger partial charge in [-0.1, -0.05) is 54.2 Å². The molecule has 1 aliphatic heterocycles. The molecule has 4 rings (SSSR count). The van der Waals surface area contributed by atoms with Gasteiger partial charge in [-0.15, -0.1) is 0 Å². The van der Waals surface area contributed by atoms with Crippen molar-refractivity contribution in [2.45, 2.75) is 24.8 Å². The number of para-hydroxylation sites is 2. The molecule has 0 aromatic heterocycles. The van der Waals surface area contributed by atoms with Gasteiger partial charge >= 0.3 is 0 Å². The molecule has 0 N–H and O–H groups in total. The number of thioether (sulfide) groups is 1. The number of carbonyl (C=O) groups excluding carboxylic acids is 2. The first-order valence-electron chi connectivity index (χ1n) is 10.3. The molecule has 0 spiro atoms. The molecule has 1 aliphatic rings. The first-order chi connectivity index (χ1) is 15.5. The summed E-state index contributed by atoms with van der Waals surface area (Å²) in [6.45, 7) is 3.81. The van der Waals surface area contributed by atoms with Crippen LogP contribution in [0.15, 0.2) is 88.7 Å². The zero-order valence-corrected chi connectivity index (χ0v) is 18.9. The van der Waals surface area contributed by atoms with E-state index in [-0.39, 0.29) is 17.9 Å². The zero-order chi connectivity index (χ0) is 22.7. The van der Waals surface area contributed by atoms with Crippen LogP contribution in [0.1, 0.15) is 19.4 Å². The van der Waals surface area contributed by atoms with Crippen molar-refractivity contribution in [1.29, 1.82) is 0 Å². The van der Waals surface area contributed by atoms with Gasteiger partial charge in [-0.3, -0.25) is 9.59 Å². The molecule has 0 fully saturated rings. The first kappa shape index (κ1) is 21.7. The molecule has 162 valence electrons. The summed E-state index contributed by atoms with van der Waals surface area (Å²) in [6, 6.07) is 23.8. The van der Waals surface area contributed by atoms with Crippen LogP contribution < -0.4 is 14.4 Å². The van der Waals surface area contributed by atoms with E-state index in [2.05, 4.69) is 0 Å². The monoisotopic (exact) mass is 445 g/mol. The Hall–Kier alpha value is -3.51. The lowest BCUT2D eigenvalue weighted by molar-refractivity contribution is -0.119. The summed E-state index contributed by atoms with van der Waals surface area (Å²) in [5.74, 6) is 0.424. The van der Waals surface area contributed by atoms with Crippen molar-refractivity contribution in [3.63, 3.8) is 0 Å². The minimum atomic E-state index is -0.376. The third-order valence-corrected chi connectivity index (χ3v) is 5.94. The summed E-state index contributed by atoms with van der Waals surface area (Å²) in [5.41, 5.74) is 1.46. The second-order valence-corrected chi connectivity index (χ2v) is 8.51. The first-order valence-corrected chi connectivity index (χ1v) is 11.1. The topological polar surface area (TPSA) is 55.8 Å². The molecule has 5 nitrogen and oxygen atoms in total. The predicted molar refractivity (Wildman–Crippen MR) is 127 cm³/mol. The maximum absolute atomic E-state index is 13.7. The second kappa shape index (κ2) is 9.32. The number of ether oxygens (including phenoxy) is 2. The van der Waals surface area contributed by atoms with Gasteiger partial charge in [0, 0.05) is 4.90 Å². The van der Waals surface area contributed by atoms with E-state index in [1.807, 2.05) is 50.2 Å². The number of rotatable bonds is 7. The molecular formula is C26H23NO4S. The third-order valence-electron chi connectivity index (χ3n) is 4.85. The highest BCUT2D eigenvalue weighted by atomic mass is 32.2. The molecule has 0 aliphatic carbocycles. The maximum Gasteiger partial charge on any atom is 0.273 e. The van der Waals surface area contributed by atoms with E-state index >= 15 is 0 Å². The maximum atomic E-state index is 13.7. The Balaban J connectivity index is 1.81. The highest BCUT2D eigenvalue weighted by Gasteiger charge is 2.41. The number of hydrogen-bond acceptors (Lipinski definition) is 5. The van der Waals surface area contributed by atoms with Crippen LogP contribution in [0, 0.1) is 0 Å². The van der Waals surface area contributed by atoms with Gasteiger partial charge in [0.25, 0.3) is 11.8 Å². The summed E-state index contributed by atoms with van der Waals surface area (Å²) in [7, 11) is 1.59. The van der Waals surface area contributed by atoms with Crippen LogP contribution >= 0.6 is 11.8 Å². The van der Waals surface area contributed by atoms with Crippen LogP contribution in [0.4, 0.5) is 5.69 Å². The van der Waals surface area contributed by atoms with Gasteiger partial charge in [0.05, 0.1) is 29.4 Å². The number of amides is 2. The van der Waals surface area contributed by atoms with Crippen LogP contribution in [0.25, 0.3) is 5.57 Å². The van der Waals surface area contributed by atoms with Crippen LogP contribution in [-0.4, -0.2) is 25.0 Å². The number of methoxy groups -OCH3 is 1. The lowest BCUT2D eigenvalue weighted by Gasteiger charge is -2.20. The van der Waals surface area contributed by atoms with Crippen molar-refractivity contribution in [2.24, 2.45) is 0 Å². The van der Waals surface area contributed by atoms with Crippen LogP contribution in [-0.2, 0) is 9.59 Å². The third kappa shape index (κ3) is 4.27. The summed E-state index contributed by atoms with van der Waals surface area (Å²) in [4.78, 5) is 29.7. The summed E-state index contributed by atoms with van der Waals surface area (Å²) >= 11 is 1.29. The summed E-state index contributed by atoms with van der Waals surface area (Å²) in [6.07, 6.45) is -0.101. The van der Waals surface area contributed by atoms with E-state index < -0.39 is 0 Å². The number of benzene rings is 3. The van der Waals surface area contributed by atoms with Gasteiger partial charge in [0.2, 0.25) is 0 Å². The molecule has 6 heteroatoms. The normalized spacial score (nSPS) is 13.8. The van der Waals surface area contributed by atoms with Crippen molar-refractivity contribution < 1.29 is 19.1 Å². The van der Waals surface area contributed by atoms with Gasteiger partial charge in [-0.2, -0.15) is 0 Å². The number of hydrogen-bond donors (Lipinski definition) is 0. The largest absolute Gasteiger partial charge is 0.497 e. The average molecular weight is 446 g/mol. The molecule has 1 heterocycles. The number of anilines is 1. The summed E-state index contributed by atoms with van der Waals surface area (Å²) < 4.78 is 11.1. The predicted octanol–water partition coefficient (Wildman–Crippen LogP) is 5.56. The van der Waals surface area contributed by atoms with Gasteiger partial charge in [-0.25, -0.2) is 4.90 Å².